The summed E-state index contributed by atoms with van der Waals surface area (Å²) in [6, 6.07) is 14.4. The third-order valence-electron chi connectivity index (χ3n) is 3.11. The molecule has 3 aromatic rings. The molecule has 0 amide bonds. The number of ether oxygens (including phenoxy) is 1. The van der Waals surface area contributed by atoms with E-state index in [1.165, 1.54) is 16.9 Å². The lowest BCUT2D eigenvalue weighted by Crippen LogP contribution is -1.97. The molecule has 0 fully saturated rings. The minimum Gasteiger partial charge on any atom is -0.494 e. The van der Waals surface area contributed by atoms with Crippen molar-refractivity contribution in [1.29, 1.82) is 0 Å². The predicted molar refractivity (Wildman–Crippen MR) is 96.7 cm³/mol. The minimum atomic E-state index is 0.731. The molecule has 1 aromatic heterocycles. The molecule has 0 saturated heterocycles. The van der Waals surface area contributed by atoms with E-state index in [-0.39, 0.29) is 0 Å². The molecule has 0 atom stereocenters. The highest BCUT2D eigenvalue weighted by molar-refractivity contribution is 9.10. The van der Waals surface area contributed by atoms with E-state index in [0.29, 0.717) is 0 Å². The molecular weight excluding hydrogens is 414 g/mol. The van der Waals surface area contributed by atoms with Gasteiger partial charge in [-0.15, -0.1) is 0 Å². The van der Waals surface area contributed by atoms with E-state index in [0.717, 1.165) is 44.5 Å². The first-order valence-electron chi connectivity index (χ1n) is 6.62. The van der Waals surface area contributed by atoms with Crippen molar-refractivity contribution in [2.45, 2.75) is 6.42 Å². The van der Waals surface area contributed by atoms with Gasteiger partial charge in [0.2, 0.25) is 0 Å². The molecule has 0 spiro atoms. The van der Waals surface area contributed by atoms with Gasteiger partial charge in [-0.05, 0) is 48.3 Å². The SMILES string of the molecule is BrCCCOc1ccc2c(-c3ccc(Br)cc3)nsc2c1. The Kier molecular flexibility index (Phi) is 4.93. The van der Waals surface area contributed by atoms with Gasteiger partial charge in [-0.2, -0.15) is 4.37 Å². The molecule has 2 nitrogen and oxygen atoms in total. The molecule has 2 aromatic carbocycles. The smallest absolute Gasteiger partial charge is 0.120 e. The van der Waals surface area contributed by atoms with Gasteiger partial charge in [0.15, 0.2) is 0 Å². The summed E-state index contributed by atoms with van der Waals surface area (Å²) in [6.07, 6.45) is 1.00. The number of alkyl halides is 1. The first-order chi connectivity index (χ1) is 10.3. The maximum atomic E-state index is 5.73. The second-order valence-electron chi connectivity index (χ2n) is 4.59. The zero-order valence-electron chi connectivity index (χ0n) is 11.2. The average molecular weight is 427 g/mol. The molecule has 3 rings (SSSR count). The number of rotatable bonds is 5. The van der Waals surface area contributed by atoms with Crippen LogP contribution in [0.2, 0.25) is 0 Å². The van der Waals surface area contributed by atoms with Gasteiger partial charge < -0.3 is 4.74 Å². The molecule has 0 aliphatic rings. The number of fused-ring (bicyclic) bond motifs is 1. The van der Waals surface area contributed by atoms with E-state index in [9.17, 15) is 0 Å². The van der Waals surface area contributed by atoms with Crippen LogP contribution in [-0.2, 0) is 0 Å². The van der Waals surface area contributed by atoms with Crippen molar-refractivity contribution in [3.05, 3.63) is 46.9 Å². The number of hydrogen-bond acceptors (Lipinski definition) is 3. The largest absolute Gasteiger partial charge is 0.494 e. The second-order valence-corrected chi connectivity index (χ2v) is 7.10. The van der Waals surface area contributed by atoms with Crippen LogP contribution in [0.4, 0.5) is 0 Å². The molecule has 0 bridgehead atoms. The fourth-order valence-electron chi connectivity index (χ4n) is 2.07. The van der Waals surface area contributed by atoms with E-state index in [1.54, 1.807) is 0 Å². The summed E-state index contributed by atoms with van der Waals surface area (Å²) in [5.41, 5.74) is 2.17. The standard InChI is InChI=1S/C16H13Br2NOS/c17-8-1-9-20-13-6-7-14-15(10-13)21-19-16(14)11-2-4-12(18)5-3-11/h2-7,10H,1,8-9H2. The van der Waals surface area contributed by atoms with E-state index >= 15 is 0 Å². The Morgan fingerprint density at radius 1 is 1.10 bits per heavy atom. The molecule has 1 heterocycles. The van der Waals surface area contributed by atoms with E-state index in [2.05, 4.69) is 60.5 Å². The van der Waals surface area contributed by atoms with Crippen molar-refractivity contribution in [3.63, 3.8) is 0 Å². The van der Waals surface area contributed by atoms with Crippen molar-refractivity contribution >= 4 is 53.5 Å². The van der Waals surface area contributed by atoms with Crippen LogP contribution in [0.5, 0.6) is 5.75 Å². The molecule has 0 N–H and O–H groups in total. The lowest BCUT2D eigenvalue weighted by atomic mass is 10.1. The number of benzene rings is 2. The van der Waals surface area contributed by atoms with Crippen LogP contribution in [0.25, 0.3) is 21.3 Å². The number of nitrogens with zero attached hydrogens (tertiary/aromatic N) is 1. The van der Waals surface area contributed by atoms with Crippen molar-refractivity contribution in [2.24, 2.45) is 0 Å². The normalized spacial score (nSPS) is 11.0. The highest BCUT2D eigenvalue weighted by Crippen LogP contribution is 2.33. The Labute approximate surface area is 144 Å². The van der Waals surface area contributed by atoms with Gasteiger partial charge in [-0.1, -0.05) is 44.0 Å². The quantitative estimate of drug-likeness (QED) is 0.374. The summed E-state index contributed by atoms with van der Waals surface area (Å²) < 4.78 is 12.6. The molecule has 0 radical (unpaired) electrons. The van der Waals surface area contributed by atoms with Crippen LogP contribution >= 0.6 is 43.4 Å². The minimum absolute atomic E-state index is 0.731. The Bertz CT molecular complexity index is 740. The van der Waals surface area contributed by atoms with Crippen molar-refractivity contribution < 1.29 is 4.74 Å². The van der Waals surface area contributed by atoms with Crippen LogP contribution in [0.3, 0.4) is 0 Å². The van der Waals surface area contributed by atoms with Crippen molar-refractivity contribution in [3.8, 4) is 17.0 Å². The second kappa shape index (κ2) is 6.90. The Hall–Kier alpha value is -0.910. The molecular formula is C16H13Br2NOS. The molecule has 21 heavy (non-hydrogen) atoms. The van der Waals surface area contributed by atoms with Crippen molar-refractivity contribution in [1.82, 2.24) is 4.37 Å². The topological polar surface area (TPSA) is 22.1 Å². The zero-order chi connectivity index (χ0) is 14.7. The van der Waals surface area contributed by atoms with Gasteiger partial charge in [0, 0.05) is 20.8 Å². The van der Waals surface area contributed by atoms with Crippen LogP contribution in [-0.4, -0.2) is 16.3 Å². The molecule has 0 saturated carbocycles. The third kappa shape index (κ3) is 3.47. The highest BCUT2D eigenvalue weighted by atomic mass is 79.9. The zero-order valence-corrected chi connectivity index (χ0v) is 15.2. The summed E-state index contributed by atoms with van der Waals surface area (Å²) >= 11 is 8.38. The summed E-state index contributed by atoms with van der Waals surface area (Å²) in [6.45, 7) is 0.731. The maximum absolute atomic E-state index is 5.73. The van der Waals surface area contributed by atoms with E-state index in [4.69, 9.17) is 4.74 Å². The lowest BCUT2D eigenvalue weighted by Gasteiger charge is -2.05. The molecule has 0 unspecified atom stereocenters. The highest BCUT2D eigenvalue weighted by Gasteiger charge is 2.09. The van der Waals surface area contributed by atoms with Gasteiger partial charge in [0.05, 0.1) is 17.0 Å². The third-order valence-corrected chi connectivity index (χ3v) is 5.01. The molecule has 0 aliphatic heterocycles. The maximum Gasteiger partial charge on any atom is 0.120 e. The lowest BCUT2D eigenvalue weighted by molar-refractivity contribution is 0.319. The Morgan fingerprint density at radius 3 is 2.67 bits per heavy atom. The number of halogens is 2. The van der Waals surface area contributed by atoms with Crippen LogP contribution in [0.1, 0.15) is 6.42 Å². The fraction of sp³-hybridized carbons (Fsp3) is 0.188. The summed E-state index contributed by atoms with van der Waals surface area (Å²) in [7, 11) is 0. The van der Waals surface area contributed by atoms with Crippen LogP contribution in [0.15, 0.2) is 46.9 Å². The Morgan fingerprint density at radius 2 is 1.90 bits per heavy atom. The van der Waals surface area contributed by atoms with Crippen LogP contribution < -0.4 is 4.74 Å². The van der Waals surface area contributed by atoms with Gasteiger partial charge in [-0.25, -0.2) is 0 Å². The van der Waals surface area contributed by atoms with Crippen molar-refractivity contribution in [2.75, 3.05) is 11.9 Å². The first-order valence-corrected chi connectivity index (χ1v) is 9.31. The molecule has 5 heteroatoms. The first kappa shape index (κ1) is 15.0. The van der Waals surface area contributed by atoms with Crippen LogP contribution in [0, 0.1) is 0 Å². The summed E-state index contributed by atoms with van der Waals surface area (Å²) in [5, 5.41) is 2.14. The van der Waals surface area contributed by atoms with E-state index < -0.39 is 0 Å². The number of hydrogen-bond donors (Lipinski definition) is 0. The Balaban J connectivity index is 1.90. The van der Waals surface area contributed by atoms with Gasteiger partial charge in [-0.3, -0.25) is 0 Å². The van der Waals surface area contributed by atoms with Gasteiger partial charge in [0.25, 0.3) is 0 Å². The number of aromatic nitrogens is 1. The van der Waals surface area contributed by atoms with Gasteiger partial charge in [0.1, 0.15) is 5.75 Å². The van der Waals surface area contributed by atoms with Gasteiger partial charge >= 0.3 is 0 Å². The monoisotopic (exact) mass is 425 g/mol. The predicted octanol–water partition coefficient (Wildman–Crippen LogP) is 5.89. The van der Waals surface area contributed by atoms with E-state index in [1.807, 2.05) is 18.2 Å². The molecule has 0 aliphatic carbocycles. The average Bonchev–Trinajstić information content (AvgIpc) is 2.91. The summed E-state index contributed by atoms with van der Waals surface area (Å²) in [5.74, 6) is 0.912. The fourth-order valence-corrected chi connectivity index (χ4v) is 3.39. The molecule has 108 valence electrons. The summed E-state index contributed by atoms with van der Waals surface area (Å²) in [4.78, 5) is 0.